The Hall–Kier alpha value is -2.20. The molecule has 9 nitrogen and oxygen atoms in total. The molecule has 0 unspecified atom stereocenters. The Kier molecular flexibility index (Phi) is 8.00. The fourth-order valence-corrected chi connectivity index (χ4v) is 5.08. The van der Waals surface area contributed by atoms with Crippen LogP contribution >= 0.6 is 0 Å². The number of carbonyl (C=O) groups excluding carboxylic acids is 2. The largest absolute Gasteiger partial charge is 0.508 e. The molecule has 4 rings (SSSR count). The Labute approximate surface area is 205 Å². The van der Waals surface area contributed by atoms with Crippen molar-refractivity contribution in [3.05, 3.63) is 29.8 Å². The molecule has 2 N–H and O–H groups in total. The van der Waals surface area contributed by atoms with Crippen molar-refractivity contribution in [3.8, 4) is 5.75 Å². The summed E-state index contributed by atoms with van der Waals surface area (Å²) in [6.07, 6.45) is 1.45. The number of carbonyl (C=O) groups is 2. The van der Waals surface area contributed by atoms with E-state index in [2.05, 4.69) is 0 Å². The topological polar surface area (TPSA) is 121 Å². The molecule has 0 radical (unpaired) electrons. The fraction of sp³-hybridized carbons (Fsp3) is 0.692. The number of unbranched alkanes of at least 4 members (excludes halogenated alkanes) is 1. The zero-order valence-corrected chi connectivity index (χ0v) is 20.4. The Morgan fingerprint density at radius 2 is 1.83 bits per heavy atom. The molecule has 35 heavy (non-hydrogen) atoms. The first-order chi connectivity index (χ1) is 16.7. The Balaban J connectivity index is 1.48. The van der Waals surface area contributed by atoms with E-state index in [0.717, 1.165) is 31.2 Å². The number of aromatic hydroxyl groups is 1. The van der Waals surface area contributed by atoms with Crippen LogP contribution in [0.4, 0.5) is 0 Å². The van der Waals surface area contributed by atoms with Crippen LogP contribution in [0.2, 0.25) is 0 Å². The molecule has 0 amide bonds. The first-order valence-corrected chi connectivity index (χ1v) is 12.4. The van der Waals surface area contributed by atoms with E-state index in [0.29, 0.717) is 19.4 Å². The predicted octanol–water partition coefficient (Wildman–Crippen LogP) is 2.99. The van der Waals surface area contributed by atoms with Crippen LogP contribution in [-0.2, 0) is 39.7 Å². The predicted molar refractivity (Wildman–Crippen MR) is 123 cm³/mol. The van der Waals surface area contributed by atoms with Gasteiger partial charge in [-0.2, -0.15) is 0 Å². The molecular weight excluding hydrogens is 456 g/mol. The maximum Gasteiger partial charge on any atom is 0.311 e. The van der Waals surface area contributed by atoms with Gasteiger partial charge in [0.15, 0.2) is 12.1 Å². The number of aryl methyl sites for hydroxylation is 1. The van der Waals surface area contributed by atoms with Gasteiger partial charge in [-0.1, -0.05) is 32.4 Å². The quantitative estimate of drug-likeness (QED) is 0.456. The number of benzene rings is 1. The summed E-state index contributed by atoms with van der Waals surface area (Å²) in [6, 6.07) is 7.26. The molecule has 194 valence electrons. The highest BCUT2D eigenvalue weighted by molar-refractivity contribution is 5.73. The van der Waals surface area contributed by atoms with Crippen LogP contribution < -0.4 is 0 Å². The molecule has 1 aromatic rings. The number of phenolic OH excluding ortho intramolecular Hbond substituents is 1. The molecule has 1 spiro atoms. The first kappa shape index (κ1) is 25.9. The van der Waals surface area contributed by atoms with Crippen LogP contribution in [0.5, 0.6) is 5.75 Å². The second-order valence-corrected chi connectivity index (χ2v) is 10.4. The van der Waals surface area contributed by atoms with Gasteiger partial charge in [0, 0.05) is 18.3 Å². The van der Waals surface area contributed by atoms with Crippen molar-refractivity contribution in [2.75, 3.05) is 13.2 Å². The van der Waals surface area contributed by atoms with Gasteiger partial charge in [0.05, 0.1) is 32.2 Å². The Morgan fingerprint density at radius 1 is 1.03 bits per heavy atom. The zero-order valence-electron chi connectivity index (χ0n) is 20.4. The van der Waals surface area contributed by atoms with Gasteiger partial charge in [0.1, 0.15) is 18.0 Å². The number of fused-ring (bicyclic) bond motifs is 2. The molecule has 3 aliphatic rings. The normalized spacial score (nSPS) is 33.1. The number of cyclic esters (lactones) is 1. The van der Waals surface area contributed by atoms with E-state index in [9.17, 15) is 19.8 Å². The lowest BCUT2D eigenvalue weighted by atomic mass is 9.77. The highest BCUT2D eigenvalue weighted by Crippen LogP contribution is 2.49. The van der Waals surface area contributed by atoms with Gasteiger partial charge < -0.3 is 33.9 Å². The van der Waals surface area contributed by atoms with Crippen LogP contribution in [0, 0.1) is 5.41 Å². The number of hydrogen-bond donors (Lipinski definition) is 2. The summed E-state index contributed by atoms with van der Waals surface area (Å²) in [4.78, 5) is 25.0. The first-order valence-electron chi connectivity index (χ1n) is 12.4. The number of aliphatic hydroxyl groups excluding tert-OH is 1. The molecule has 3 saturated heterocycles. The van der Waals surface area contributed by atoms with Gasteiger partial charge in [0.2, 0.25) is 0 Å². The monoisotopic (exact) mass is 492 g/mol. The molecule has 1 aromatic carbocycles. The standard InChI is InChI=1S/C26H36O9/c1-25(2)16-31-24-13-23(30)33-21(15-27)12-22(29)32-20-11-19(34-26(25,14-20)35-24)9-4-3-6-17-7-5-8-18(28)10-17/h5,7-8,10,19-21,24,27-28H,3-4,6,9,11-16H2,1-2H3/t19-,20-,21-,24+,26+/m1/s1. The second-order valence-electron chi connectivity index (χ2n) is 10.4. The van der Waals surface area contributed by atoms with Crippen molar-refractivity contribution in [1.29, 1.82) is 0 Å². The molecule has 3 aliphatic heterocycles. The highest BCUT2D eigenvalue weighted by atomic mass is 16.8. The lowest BCUT2D eigenvalue weighted by Crippen LogP contribution is -2.63. The van der Waals surface area contributed by atoms with E-state index in [4.69, 9.17) is 23.7 Å². The Bertz CT molecular complexity index is 897. The number of rotatable bonds is 6. The fourth-order valence-electron chi connectivity index (χ4n) is 5.08. The summed E-state index contributed by atoms with van der Waals surface area (Å²) >= 11 is 0. The second kappa shape index (κ2) is 10.8. The minimum absolute atomic E-state index is 0.161. The van der Waals surface area contributed by atoms with Gasteiger partial charge in [-0.25, -0.2) is 0 Å². The third-order valence-electron chi connectivity index (χ3n) is 7.04. The van der Waals surface area contributed by atoms with Crippen molar-refractivity contribution < 1.29 is 43.5 Å². The van der Waals surface area contributed by atoms with Crippen molar-refractivity contribution >= 4 is 11.9 Å². The van der Waals surface area contributed by atoms with Gasteiger partial charge >= 0.3 is 11.9 Å². The van der Waals surface area contributed by atoms with E-state index in [-0.39, 0.29) is 24.7 Å². The minimum Gasteiger partial charge on any atom is -0.508 e. The van der Waals surface area contributed by atoms with Crippen molar-refractivity contribution in [2.24, 2.45) is 5.41 Å². The van der Waals surface area contributed by atoms with Crippen LogP contribution in [-0.4, -0.2) is 65.8 Å². The van der Waals surface area contributed by atoms with Crippen LogP contribution in [0.25, 0.3) is 0 Å². The molecule has 3 heterocycles. The average Bonchev–Trinajstić information content (AvgIpc) is 2.78. The summed E-state index contributed by atoms with van der Waals surface area (Å²) in [5.41, 5.74) is 0.533. The number of phenols is 1. The molecule has 0 saturated carbocycles. The van der Waals surface area contributed by atoms with E-state index < -0.39 is 48.2 Å². The average molecular weight is 493 g/mol. The van der Waals surface area contributed by atoms with Gasteiger partial charge in [-0.15, -0.1) is 0 Å². The van der Waals surface area contributed by atoms with Crippen molar-refractivity contribution in [2.45, 2.75) is 95.6 Å². The maximum atomic E-state index is 12.6. The molecule has 0 aromatic heterocycles. The number of aliphatic hydroxyl groups is 1. The molecule has 9 heteroatoms. The van der Waals surface area contributed by atoms with E-state index in [1.54, 1.807) is 12.1 Å². The summed E-state index contributed by atoms with van der Waals surface area (Å²) in [6.45, 7) is 3.80. The summed E-state index contributed by atoms with van der Waals surface area (Å²) in [5, 5.41) is 19.2. The number of ether oxygens (including phenoxy) is 5. The van der Waals surface area contributed by atoms with E-state index in [1.165, 1.54) is 0 Å². The van der Waals surface area contributed by atoms with Gasteiger partial charge in [0.25, 0.3) is 0 Å². The highest BCUT2D eigenvalue weighted by Gasteiger charge is 2.58. The minimum atomic E-state index is -1.08. The lowest BCUT2D eigenvalue weighted by molar-refractivity contribution is -0.422. The molecule has 3 fully saturated rings. The van der Waals surface area contributed by atoms with Crippen molar-refractivity contribution in [3.63, 3.8) is 0 Å². The molecule has 3 bridgehead atoms. The zero-order chi connectivity index (χ0) is 25.1. The van der Waals surface area contributed by atoms with Gasteiger partial charge in [-0.3, -0.25) is 9.59 Å². The Morgan fingerprint density at radius 3 is 2.60 bits per heavy atom. The molecule has 5 atom stereocenters. The molecule has 0 aliphatic carbocycles. The molecular formula is C26H36O9. The number of esters is 2. The van der Waals surface area contributed by atoms with Crippen LogP contribution in [0.1, 0.15) is 64.4 Å². The van der Waals surface area contributed by atoms with Gasteiger partial charge in [-0.05, 0) is 37.0 Å². The summed E-state index contributed by atoms with van der Waals surface area (Å²) < 4.78 is 29.7. The summed E-state index contributed by atoms with van der Waals surface area (Å²) in [5.74, 6) is -1.96. The van der Waals surface area contributed by atoms with Crippen LogP contribution in [0.15, 0.2) is 24.3 Å². The van der Waals surface area contributed by atoms with E-state index >= 15 is 0 Å². The van der Waals surface area contributed by atoms with Crippen molar-refractivity contribution in [1.82, 2.24) is 0 Å². The third kappa shape index (κ3) is 6.33. The smallest absolute Gasteiger partial charge is 0.311 e. The number of hydrogen-bond acceptors (Lipinski definition) is 9. The lowest BCUT2D eigenvalue weighted by Gasteiger charge is -2.55. The summed E-state index contributed by atoms with van der Waals surface area (Å²) in [7, 11) is 0. The maximum absolute atomic E-state index is 12.6. The van der Waals surface area contributed by atoms with E-state index in [1.807, 2.05) is 26.0 Å². The van der Waals surface area contributed by atoms with Crippen LogP contribution in [0.3, 0.4) is 0 Å². The SMILES string of the molecule is CC1(C)CO[C@@H]2CC(=O)O[C@@H](CO)CC(=O)O[C@@H]3C[C@@H](CCCCc4cccc(O)c4)O[C@@]1(C3)O2. The third-order valence-corrected chi connectivity index (χ3v) is 7.04.